The van der Waals surface area contributed by atoms with Gasteiger partial charge in [-0.2, -0.15) is 5.10 Å². The van der Waals surface area contributed by atoms with Crippen LogP contribution in [0.15, 0.2) is 16.9 Å². The van der Waals surface area contributed by atoms with Crippen molar-refractivity contribution < 1.29 is 0 Å². The minimum absolute atomic E-state index is 0.150. The van der Waals surface area contributed by atoms with Crippen molar-refractivity contribution in [1.29, 1.82) is 0 Å². The second-order valence-corrected chi connectivity index (χ2v) is 6.20. The van der Waals surface area contributed by atoms with E-state index in [4.69, 9.17) is 0 Å². The van der Waals surface area contributed by atoms with Gasteiger partial charge in [0.1, 0.15) is 0 Å². The van der Waals surface area contributed by atoms with E-state index in [1.807, 2.05) is 0 Å². The Labute approximate surface area is 120 Å². The number of hydrogen-bond acceptors (Lipinski definition) is 4. The smallest absolute Gasteiger partial charge is 0.264 e. The van der Waals surface area contributed by atoms with E-state index >= 15 is 0 Å². The summed E-state index contributed by atoms with van der Waals surface area (Å²) in [5, 5.41) is 10.2. The largest absolute Gasteiger partial charge is 0.306 e. The van der Waals surface area contributed by atoms with Crippen molar-refractivity contribution in [2.45, 2.75) is 45.7 Å². The van der Waals surface area contributed by atoms with E-state index in [-0.39, 0.29) is 11.6 Å². The topological polar surface area (TPSA) is 61.0 Å². The highest BCUT2D eigenvalue weighted by Gasteiger charge is 2.21. The number of rotatable bonds is 5. The maximum absolute atomic E-state index is 11.0. The second-order valence-electron chi connectivity index (χ2n) is 6.20. The zero-order chi connectivity index (χ0) is 14.5. The molecule has 5 heteroatoms. The zero-order valence-electron chi connectivity index (χ0n) is 12.7. The molecule has 112 valence electrons. The normalized spacial score (nSPS) is 19.4. The van der Waals surface area contributed by atoms with Gasteiger partial charge in [0.2, 0.25) is 0 Å². The predicted molar refractivity (Wildman–Crippen MR) is 80.7 cm³/mol. The monoisotopic (exact) mass is 278 g/mol. The Balaban J connectivity index is 1.80. The van der Waals surface area contributed by atoms with Crippen LogP contribution in [0, 0.1) is 5.92 Å². The molecule has 2 rings (SSSR count). The van der Waals surface area contributed by atoms with E-state index in [1.165, 1.54) is 38.5 Å². The average Bonchev–Trinajstić information content (AvgIpc) is 2.41. The van der Waals surface area contributed by atoms with E-state index < -0.39 is 0 Å². The van der Waals surface area contributed by atoms with Crippen LogP contribution in [0.1, 0.15) is 45.3 Å². The van der Waals surface area contributed by atoms with E-state index in [0.717, 1.165) is 11.6 Å². The van der Waals surface area contributed by atoms with Crippen LogP contribution < -0.4 is 10.9 Å². The molecule has 1 atom stereocenters. The molecule has 2 heterocycles. The summed E-state index contributed by atoms with van der Waals surface area (Å²) in [6.45, 7) is 10.2. The lowest BCUT2D eigenvalue weighted by atomic mass is 10.0. The summed E-state index contributed by atoms with van der Waals surface area (Å²) in [7, 11) is 0. The number of hydrogen-bond donors (Lipinski definition) is 2. The first-order chi connectivity index (χ1) is 9.54. The van der Waals surface area contributed by atoms with E-state index in [9.17, 15) is 4.79 Å². The Morgan fingerprint density at radius 2 is 2.05 bits per heavy atom. The predicted octanol–water partition coefficient (Wildman–Crippen LogP) is 1.54. The molecule has 1 saturated heterocycles. The zero-order valence-corrected chi connectivity index (χ0v) is 12.7. The fraction of sp³-hybridized carbons (Fsp3) is 0.733. The fourth-order valence-electron chi connectivity index (χ4n) is 2.83. The van der Waals surface area contributed by atoms with Gasteiger partial charge in [-0.3, -0.25) is 4.79 Å². The molecular formula is C15H26N4O. The highest BCUT2D eigenvalue weighted by atomic mass is 16.1. The van der Waals surface area contributed by atoms with Crippen molar-refractivity contribution in [2.75, 3.05) is 19.6 Å². The van der Waals surface area contributed by atoms with Crippen molar-refractivity contribution in [1.82, 2.24) is 20.4 Å². The summed E-state index contributed by atoms with van der Waals surface area (Å²) < 4.78 is 0. The third-order valence-corrected chi connectivity index (χ3v) is 3.84. The summed E-state index contributed by atoms with van der Waals surface area (Å²) in [6, 6.07) is 4.05. The van der Waals surface area contributed by atoms with Gasteiger partial charge in [-0.25, -0.2) is 5.10 Å². The quantitative estimate of drug-likeness (QED) is 0.858. The number of piperidine rings is 1. The molecule has 5 nitrogen and oxygen atoms in total. The van der Waals surface area contributed by atoms with Crippen LogP contribution in [0.4, 0.5) is 0 Å². The van der Waals surface area contributed by atoms with Crippen molar-refractivity contribution in [3.05, 3.63) is 28.2 Å². The molecule has 1 fully saturated rings. The Bertz CT molecular complexity index is 443. The summed E-state index contributed by atoms with van der Waals surface area (Å²) >= 11 is 0. The van der Waals surface area contributed by atoms with Gasteiger partial charge in [0.15, 0.2) is 0 Å². The number of H-pyrrole nitrogens is 1. The lowest BCUT2D eigenvalue weighted by Gasteiger charge is -2.34. The minimum atomic E-state index is -0.150. The van der Waals surface area contributed by atoms with E-state index in [0.29, 0.717) is 6.04 Å². The Hall–Kier alpha value is -1.20. The third kappa shape index (κ3) is 4.42. The van der Waals surface area contributed by atoms with Crippen LogP contribution in [-0.2, 0) is 0 Å². The van der Waals surface area contributed by atoms with Crippen molar-refractivity contribution in [3.63, 3.8) is 0 Å². The average molecular weight is 278 g/mol. The summed E-state index contributed by atoms with van der Waals surface area (Å²) in [6.07, 6.45) is 2.36. The molecule has 2 N–H and O–H groups in total. The molecule has 0 aromatic carbocycles. The highest BCUT2D eigenvalue weighted by molar-refractivity contribution is 5.04. The van der Waals surface area contributed by atoms with Crippen LogP contribution in [0.2, 0.25) is 0 Å². The van der Waals surface area contributed by atoms with Crippen LogP contribution in [-0.4, -0.2) is 40.8 Å². The Kier molecular flexibility index (Phi) is 5.31. The lowest BCUT2D eigenvalue weighted by molar-refractivity contribution is 0.175. The summed E-state index contributed by atoms with van der Waals surface area (Å²) in [4.78, 5) is 13.6. The van der Waals surface area contributed by atoms with Gasteiger partial charge in [-0.1, -0.05) is 13.8 Å². The van der Waals surface area contributed by atoms with Crippen LogP contribution in [0.3, 0.4) is 0 Å². The second kappa shape index (κ2) is 6.99. The molecule has 0 amide bonds. The molecule has 0 unspecified atom stereocenters. The van der Waals surface area contributed by atoms with Gasteiger partial charge in [0, 0.05) is 24.7 Å². The maximum atomic E-state index is 11.0. The van der Waals surface area contributed by atoms with Gasteiger partial charge < -0.3 is 10.2 Å². The van der Waals surface area contributed by atoms with Crippen molar-refractivity contribution in [2.24, 2.45) is 5.92 Å². The molecule has 0 radical (unpaired) electrons. The third-order valence-electron chi connectivity index (χ3n) is 3.84. The molecule has 0 aliphatic carbocycles. The highest BCUT2D eigenvalue weighted by Crippen LogP contribution is 2.16. The SMILES string of the molecule is CC(C)CN1CCC(N[C@H](C)c2ccc(=O)[nH]n2)CC1. The molecule has 20 heavy (non-hydrogen) atoms. The fourth-order valence-corrected chi connectivity index (χ4v) is 2.83. The van der Waals surface area contributed by atoms with Gasteiger partial charge in [0.05, 0.1) is 5.69 Å². The van der Waals surface area contributed by atoms with Gasteiger partial charge >= 0.3 is 0 Å². The van der Waals surface area contributed by atoms with Gasteiger partial charge in [-0.15, -0.1) is 0 Å². The molecule has 1 aliphatic rings. The number of nitrogens with zero attached hydrogens (tertiary/aromatic N) is 2. The number of nitrogens with one attached hydrogen (secondary N) is 2. The van der Waals surface area contributed by atoms with Crippen molar-refractivity contribution in [3.8, 4) is 0 Å². The minimum Gasteiger partial charge on any atom is -0.306 e. The first kappa shape index (κ1) is 15.2. The van der Waals surface area contributed by atoms with Crippen molar-refractivity contribution >= 4 is 0 Å². The Morgan fingerprint density at radius 3 is 2.60 bits per heavy atom. The molecule has 1 aromatic rings. The van der Waals surface area contributed by atoms with E-state index in [2.05, 4.69) is 41.2 Å². The van der Waals surface area contributed by atoms with E-state index in [1.54, 1.807) is 6.07 Å². The molecule has 1 aliphatic heterocycles. The first-order valence-electron chi connectivity index (χ1n) is 7.58. The summed E-state index contributed by atoms with van der Waals surface area (Å²) in [5.74, 6) is 0.740. The standard InChI is InChI=1S/C15H26N4O/c1-11(2)10-19-8-6-13(7-9-19)16-12(3)14-4-5-15(20)18-17-14/h4-5,11-13,16H,6-10H2,1-3H3,(H,18,20)/t12-/m1/s1. The summed E-state index contributed by atoms with van der Waals surface area (Å²) in [5.41, 5.74) is 0.747. The molecule has 1 aromatic heterocycles. The molecular weight excluding hydrogens is 252 g/mol. The van der Waals surface area contributed by atoms with Gasteiger partial charge in [0.25, 0.3) is 5.56 Å². The van der Waals surface area contributed by atoms with Crippen LogP contribution in [0.25, 0.3) is 0 Å². The number of aromatic amines is 1. The number of likely N-dealkylation sites (tertiary alicyclic amines) is 1. The Morgan fingerprint density at radius 1 is 1.35 bits per heavy atom. The van der Waals surface area contributed by atoms with Gasteiger partial charge in [-0.05, 0) is 44.8 Å². The molecule has 0 saturated carbocycles. The van der Waals surface area contributed by atoms with Crippen LogP contribution >= 0.6 is 0 Å². The molecule has 0 spiro atoms. The maximum Gasteiger partial charge on any atom is 0.264 e. The first-order valence-corrected chi connectivity index (χ1v) is 7.58. The lowest BCUT2D eigenvalue weighted by Crippen LogP contribution is -2.44. The molecule has 0 bridgehead atoms. The number of aromatic nitrogens is 2. The van der Waals surface area contributed by atoms with Crippen LogP contribution in [0.5, 0.6) is 0 Å².